The van der Waals surface area contributed by atoms with E-state index in [1.165, 1.54) is 5.69 Å². The molecule has 2 aliphatic rings. The summed E-state index contributed by atoms with van der Waals surface area (Å²) >= 11 is 0. The summed E-state index contributed by atoms with van der Waals surface area (Å²) in [5.74, 6) is 0.137. The minimum Gasteiger partial charge on any atom is -0.378 e. The molecule has 5 nitrogen and oxygen atoms in total. The molecule has 1 atom stereocenters. The Labute approximate surface area is 125 Å². The molecule has 2 fully saturated rings. The minimum absolute atomic E-state index is 0.137. The molecule has 0 unspecified atom stereocenters. The van der Waals surface area contributed by atoms with Crippen LogP contribution in [0.2, 0.25) is 0 Å². The second-order valence-corrected chi connectivity index (χ2v) is 5.70. The third-order valence-electron chi connectivity index (χ3n) is 4.25. The number of rotatable bonds is 2. The maximum absolute atomic E-state index is 12.6. The summed E-state index contributed by atoms with van der Waals surface area (Å²) in [5.41, 5.74) is 1.95. The van der Waals surface area contributed by atoms with Gasteiger partial charge in [-0.3, -0.25) is 4.79 Å². The molecule has 2 aliphatic heterocycles. The SMILES string of the molecule is C[C@H]1CNCCN1C(=O)c1ccc(N2CCOCC2)cc1. The Bertz CT molecular complexity index is 483. The molecule has 1 aromatic carbocycles. The second kappa shape index (κ2) is 6.45. The predicted molar refractivity (Wildman–Crippen MR) is 82.8 cm³/mol. The first kappa shape index (κ1) is 14.4. The molecule has 5 heteroatoms. The molecule has 0 aliphatic carbocycles. The van der Waals surface area contributed by atoms with E-state index in [2.05, 4.69) is 17.1 Å². The second-order valence-electron chi connectivity index (χ2n) is 5.70. The lowest BCUT2D eigenvalue weighted by atomic mass is 10.1. The molecule has 3 rings (SSSR count). The smallest absolute Gasteiger partial charge is 0.254 e. The number of hydrogen-bond acceptors (Lipinski definition) is 4. The molecular weight excluding hydrogens is 266 g/mol. The molecule has 0 bridgehead atoms. The van der Waals surface area contributed by atoms with Gasteiger partial charge in [0.1, 0.15) is 0 Å². The normalized spacial score (nSPS) is 23.2. The van der Waals surface area contributed by atoms with Crippen LogP contribution in [0.3, 0.4) is 0 Å². The van der Waals surface area contributed by atoms with Gasteiger partial charge in [0.15, 0.2) is 0 Å². The van der Waals surface area contributed by atoms with Gasteiger partial charge in [-0.2, -0.15) is 0 Å². The summed E-state index contributed by atoms with van der Waals surface area (Å²) in [6.07, 6.45) is 0. The molecular formula is C16H23N3O2. The molecule has 0 aromatic heterocycles. The van der Waals surface area contributed by atoms with Crippen LogP contribution in [0, 0.1) is 0 Å². The molecule has 2 heterocycles. The summed E-state index contributed by atoms with van der Waals surface area (Å²) in [6.45, 7) is 8.01. The van der Waals surface area contributed by atoms with Crippen molar-refractivity contribution < 1.29 is 9.53 Å². The van der Waals surface area contributed by atoms with Gasteiger partial charge in [0, 0.05) is 50.0 Å². The van der Waals surface area contributed by atoms with Gasteiger partial charge < -0.3 is 19.9 Å². The molecule has 0 spiro atoms. The summed E-state index contributed by atoms with van der Waals surface area (Å²) < 4.78 is 5.37. The van der Waals surface area contributed by atoms with E-state index in [0.29, 0.717) is 0 Å². The fraction of sp³-hybridized carbons (Fsp3) is 0.562. The average molecular weight is 289 g/mol. The maximum atomic E-state index is 12.6. The number of carbonyl (C=O) groups is 1. The van der Waals surface area contributed by atoms with Crippen LogP contribution in [0.5, 0.6) is 0 Å². The van der Waals surface area contributed by atoms with Crippen molar-refractivity contribution in [3.05, 3.63) is 29.8 Å². The number of nitrogens with zero attached hydrogens (tertiary/aromatic N) is 2. The molecule has 1 amide bonds. The van der Waals surface area contributed by atoms with Gasteiger partial charge in [-0.25, -0.2) is 0 Å². The molecule has 0 radical (unpaired) electrons. The van der Waals surface area contributed by atoms with Gasteiger partial charge in [0.25, 0.3) is 5.91 Å². The largest absolute Gasteiger partial charge is 0.378 e. The van der Waals surface area contributed by atoms with Crippen molar-refractivity contribution in [1.29, 1.82) is 0 Å². The topological polar surface area (TPSA) is 44.8 Å². The lowest BCUT2D eigenvalue weighted by Gasteiger charge is -2.34. The summed E-state index contributed by atoms with van der Waals surface area (Å²) in [7, 11) is 0. The van der Waals surface area contributed by atoms with E-state index in [1.54, 1.807) is 0 Å². The van der Waals surface area contributed by atoms with Gasteiger partial charge in [-0.15, -0.1) is 0 Å². The zero-order chi connectivity index (χ0) is 14.7. The highest BCUT2D eigenvalue weighted by Gasteiger charge is 2.24. The first-order chi connectivity index (χ1) is 10.3. The zero-order valence-corrected chi connectivity index (χ0v) is 12.5. The van der Waals surface area contributed by atoms with Crippen molar-refractivity contribution in [3.63, 3.8) is 0 Å². The molecule has 114 valence electrons. The highest BCUT2D eigenvalue weighted by molar-refractivity contribution is 5.94. The van der Waals surface area contributed by atoms with E-state index < -0.39 is 0 Å². The molecule has 21 heavy (non-hydrogen) atoms. The van der Waals surface area contributed by atoms with Gasteiger partial charge in [-0.1, -0.05) is 0 Å². The van der Waals surface area contributed by atoms with Crippen LogP contribution in [-0.2, 0) is 4.74 Å². The first-order valence-corrected chi connectivity index (χ1v) is 7.70. The molecule has 1 aromatic rings. The number of amides is 1. The van der Waals surface area contributed by atoms with E-state index in [4.69, 9.17) is 4.74 Å². The van der Waals surface area contributed by atoms with Gasteiger partial charge in [0.2, 0.25) is 0 Å². The van der Waals surface area contributed by atoms with Crippen LogP contribution in [0.15, 0.2) is 24.3 Å². The zero-order valence-electron chi connectivity index (χ0n) is 12.5. The van der Waals surface area contributed by atoms with Crippen LogP contribution in [0.1, 0.15) is 17.3 Å². The highest BCUT2D eigenvalue weighted by atomic mass is 16.5. The van der Waals surface area contributed by atoms with Crippen LogP contribution < -0.4 is 10.2 Å². The minimum atomic E-state index is 0.137. The third kappa shape index (κ3) is 3.19. The Hall–Kier alpha value is -1.59. The summed E-state index contributed by atoms with van der Waals surface area (Å²) in [4.78, 5) is 16.8. The van der Waals surface area contributed by atoms with Crippen LogP contribution in [0.4, 0.5) is 5.69 Å². The fourth-order valence-electron chi connectivity index (χ4n) is 2.94. The van der Waals surface area contributed by atoms with E-state index >= 15 is 0 Å². The maximum Gasteiger partial charge on any atom is 0.254 e. The Morgan fingerprint density at radius 2 is 1.90 bits per heavy atom. The Balaban J connectivity index is 1.69. The van der Waals surface area contributed by atoms with E-state index in [9.17, 15) is 4.79 Å². The predicted octanol–water partition coefficient (Wildman–Crippen LogP) is 0.957. The van der Waals surface area contributed by atoms with Crippen molar-refractivity contribution in [2.75, 3.05) is 50.8 Å². The van der Waals surface area contributed by atoms with E-state index in [-0.39, 0.29) is 11.9 Å². The lowest BCUT2D eigenvalue weighted by Crippen LogP contribution is -2.52. The summed E-state index contributed by atoms with van der Waals surface area (Å²) in [6, 6.07) is 8.24. The quantitative estimate of drug-likeness (QED) is 0.881. The molecule has 1 N–H and O–H groups in total. The summed E-state index contributed by atoms with van der Waals surface area (Å²) in [5, 5.41) is 3.31. The number of benzene rings is 1. The van der Waals surface area contributed by atoms with Crippen molar-refractivity contribution in [2.45, 2.75) is 13.0 Å². The Kier molecular flexibility index (Phi) is 4.41. The van der Waals surface area contributed by atoms with Gasteiger partial charge in [0.05, 0.1) is 13.2 Å². The van der Waals surface area contributed by atoms with E-state index in [0.717, 1.165) is 51.5 Å². The van der Waals surface area contributed by atoms with Gasteiger partial charge in [-0.05, 0) is 31.2 Å². The molecule has 0 saturated carbocycles. The van der Waals surface area contributed by atoms with Crippen molar-refractivity contribution in [2.24, 2.45) is 0 Å². The number of piperazine rings is 1. The number of nitrogens with one attached hydrogen (secondary N) is 1. The van der Waals surface area contributed by atoms with Crippen molar-refractivity contribution in [1.82, 2.24) is 10.2 Å². The number of carbonyl (C=O) groups excluding carboxylic acids is 1. The van der Waals surface area contributed by atoms with E-state index in [1.807, 2.05) is 29.2 Å². The number of anilines is 1. The first-order valence-electron chi connectivity index (χ1n) is 7.70. The van der Waals surface area contributed by atoms with Crippen molar-refractivity contribution >= 4 is 11.6 Å². The number of ether oxygens (including phenoxy) is 1. The Morgan fingerprint density at radius 1 is 1.19 bits per heavy atom. The number of hydrogen-bond donors (Lipinski definition) is 1. The number of morpholine rings is 1. The molecule has 2 saturated heterocycles. The monoisotopic (exact) mass is 289 g/mol. The van der Waals surface area contributed by atoms with Crippen LogP contribution in [-0.4, -0.2) is 62.8 Å². The van der Waals surface area contributed by atoms with Crippen LogP contribution >= 0.6 is 0 Å². The standard InChI is InChI=1S/C16H23N3O2/c1-13-12-17-6-7-19(13)16(20)14-2-4-15(5-3-14)18-8-10-21-11-9-18/h2-5,13,17H,6-12H2,1H3/t13-/m0/s1. The third-order valence-corrected chi connectivity index (χ3v) is 4.25. The fourth-order valence-corrected chi connectivity index (χ4v) is 2.94. The van der Waals surface area contributed by atoms with Crippen molar-refractivity contribution in [3.8, 4) is 0 Å². The highest BCUT2D eigenvalue weighted by Crippen LogP contribution is 2.18. The average Bonchev–Trinajstić information content (AvgIpc) is 2.56. The Morgan fingerprint density at radius 3 is 2.57 bits per heavy atom. The van der Waals surface area contributed by atoms with Gasteiger partial charge >= 0.3 is 0 Å². The van der Waals surface area contributed by atoms with Crippen LogP contribution in [0.25, 0.3) is 0 Å². The lowest BCUT2D eigenvalue weighted by molar-refractivity contribution is 0.0655.